The van der Waals surface area contributed by atoms with E-state index in [2.05, 4.69) is 6.92 Å². The third kappa shape index (κ3) is 10.3. The number of benzene rings is 1. The maximum Gasteiger partial charge on any atom is 0.294 e. The Morgan fingerprint density at radius 1 is 0.778 bits per heavy atom. The smallest absolute Gasteiger partial charge is 0.294 e. The van der Waals surface area contributed by atoms with E-state index in [1.807, 2.05) is 13.8 Å². The minimum Gasteiger partial charge on any atom is -0.344 e. The Balaban J connectivity index is 0.00000676. The quantitative estimate of drug-likeness (QED) is 0.261. The van der Waals surface area contributed by atoms with E-state index in [-0.39, 0.29) is 11.0 Å². The highest BCUT2D eigenvalue weighted by atomic mass is 32.2. The summed E-state index contributed by atoms with van der Waals surface area (Å²) in [5, 5.41) is 0. The van der Waals surface area contributed by atoms with Crippen LogP contribution in [0.4, 0.5) is 0 Å². The Kier molecular flexibility index (Phi) is 13.7. The van der Waals surface area contributed by atoms with Crippen LogP contribution in [0.1, 0.15) is 101 Å². The monoisotopic (exact) mass is 399 g/mol. The number of rotatable bonds is 14. The predicted molar refractivity (Wildman–Crippen MR) is 116 cm³/mol. The van der Waals surface area contributed by atoms with E-state index in [0.717, 1.165) is 36.0 Å². The molecule has 0 aliphatic heterocycles. The summed E-state index contributed by atoms with van der Waals surface area (Å²) in [6.45, 7) is 6.18. The van der Waals surface area contributed by atoms with E-state index in [4.69, 9.17) is 0 Å². The normalized spacial score (nSPS) is 11.4. The molecule has 1 aromatic rings. The van der Waals surface area contributed by atoms with Crippen LogP contribution in [-0.2, 0) is 16.5 Å². The second-order valence-electron chi connectivity index (χ2n) is 7.60. The van der Waals surface area contributed by atoms with Crippen molar-refractivity contribution < 1.29 is 13.0 Å². The molecule has 0 heterocycles. The van der Waals surface area contributed by atoms with Gasteiger partial charge < -0.3 is 6.15 Å². The molecule has 5 heteroatoms. The van der Waals surface area contributed by atoms with Gasteiger partial charge in [0.1, 0.15) is 0 Å². The first kappa shape index (κ1) is 26.1. The molecule has 0 radical (unpaired) electrons. The van der Waals surface area contributed by atoms with Crippen LogP contribution in [0.3, 0.4) is 0 Å². The largest absolute Gasteiger partial charge is 0.344 e. The van der Waals surface area contributed by atoms with Crippen molar-refractivity contribution in [3.8, 4) is 0 Å². The van der Waals surface area contributed by atoms with Gasteiger partial charge in [0.15, 0.2) is 0 Å². The summed E-state index contributed by atoms with van der Waals surface area (Å²) in [6.07, 6.45) is 16.2. The molecule has 1 aromatic carbocycles. The molecule has 0 spiro atoms. The van der Waals surface area contributed by atoms with Gasteiger partial charge in [-0.2, -0.15) is 8.42 Å². The summed E-state index contributed by atoms with van der Waals surface area (Å²) < 4.78 is 32.6. The first-order chi connectivity index (χ1) is 12.4. The van der Waals surface area contributed by atoms with Gasteiger partial charge in [0.2, 0.25) is 0 Å². The highest BCUT2D eigenvalue weighted by Gasteiger charge is 2.17. The Hall–Kier alpha value is -0.910. The van der Waals surface area contributed by atoms with E-state index in [9.17, 15) is 13.0 Å². The molecule has 0 saturated carbocycles. The topological polar surface area (TPSA) is 89.4 Å². The van der Waals surface area contributed by atoms with E-state index >= 15 is 0 Å². The zero-order valence-electron chi connectivity index (χ0n) is 17.7. The van der Waals surface area contributed by atoms with Crippen LogP contribution in [0.25, 0.3) is 0 Å². The molecular formula is C22H41NO3S. The SMILES string of the molecule is CCCCCCCCCCCCCCc1c(S(=O)(=O)O)ccc(C)c1C.N. The third-order valence-electron chi connectivity index (χ3n) is 5.38. The van der Waals surface area contributed by atoms with Crippen molar-refractivity contribution in [2.45, 2.75) is 109 Å². The average molecular weight is 400 g/mol. The van der Waals surface area contributed by atoms with Crippen molar-refractivity contribution in [3.05, 3.63) is 28.8 Å². The molecule has 0 aliphatic carbocycles. The highest BCUT2D eigenvalue weighted by molar-refractivity contribution is 7.85. The lowest BCUT2D eigenvalue weighted by molar-refractivity contribution is 0.481. The molecule has 0 saturated heterocycles. The second kappa shape index (κ2) is 14.1. The fourth-order valence-corrected chi connectivity index (χ4v) is 4.35. The summed E-state index contributed by atoms with van der Waals surface area (Å²) in [5.41, 5.74) is 2.86. The van der Waals surface area contributed by atoms with Crippen LogP contribution in [0.15, 0.2) is 17.0 Å². The van der Waals surface area contributed by atoms with Gasteiger partial charge in [0, 0.05) is 0 Å². The predicted octanol–water partition coefficient (Wildman–Crippen LogP) is 6.96. The Morgan fingerprint density at radius 2 is 1.22 bits per heavy atom. The first-order valence-electron chi connectivity index (χ1n) is 10.4. The van der Waals surface area contributed by atoms with Crippen molar-refractivity contribution in [2.75, 3.05) is 0 Å². The van der Waals surface area contributed by atoms with Gasteiger partial charge in [-0.15, -0.1) is 0 Å². The molecule has 158 valence electrons. The van der Waals surface area contributed by atoms with Crippen molar-refractivity contribution in [1.29, 1.82) is 0 Å². The lowest BCUT2D eigenvalue weighted by atomic mass is 9.97. The fourth-order valence-electron chi connectivity index (χ4n) is 3.54. The van der Waals surface area contributed by atoms with E-state index in [1.165, 1.54) is 70.3 Å². The van der Waals surface area contributed by atoms with Crippen LogP contribution in [0, 0.1) is 13.8 Å². The molecule has 0 atom stereocenters. The lowest BCUT2D eigenvalue weighted by Crippen LogP contribution is -2.06. The van der Waals surface area contributed by atoms with Crippen molar-refractivity contribution in [2.24, 2.45) is 0 Å². The minimum absolute atomic E-state index is 0. The summed E-state index contributed by atoms with van der Waals surface area (Å²) in [4.78, 5) is 0.0867. The van der Waals surface area contributed by atoms with Gasteiger partial charge in [-0.25, -0.2) is 0 Å². The van der Waals surface area contributed by atoms with Gasteiger partial charge in [-0.3, -0.25) is 4.55 Å². The number of hydrogen-bond acceptors (Lipinski definition) is 3. The van der Waals surface area contributed by atoms with E-state index < -0.39 is 10.1 Å². The molecule has 0 bridgehead atoms. The maximum atomic E-state index is 11.6. The van der Waals surface area contributed by atoms with Crippen LogP contribution in [-0.4, -0.2) is 13.0 Å². The van der Waals surface area contributed by atoms with Crippen molar-refractivity contribution >= 4 is 10.1 Å². The van der Waals surface area contributed by atoms with Crippen LogP contribution in [0.2, 0.25) is 0 Å². The molecule has 0 fully saturated rings. The van der Waals surface area contributed by atoms with Gasteiger partial charge in [-0.05, 0) is 49.4 Å². The maximum absolute atomic E-state index is 11.6. The minimum atomic E-state index is -4.14. The number of aryl methyl sites for hydroxylation is 1. The molecule has 0 amide bonds. The average Bonchev–Trinajstić information content (AvgIpc) is 2.58. The molecule has 0 aromatic heterocycles. The molecule has 4 nitrogen and oxygen atoms in total. The Labute approximate surface area is 167 Å². The summed E-state index contributed by atoms with van der Waals surface area (Å²) in [7, 11) is -4.14. The molecule has 27 heavy (non-hydrogen) atoms. The molecule has 0 unspecified atom stereocenters. The summed E-state index contributed by atoms with van der Waals surface area (Å²) in [6, 6.07) is 3.30. The number of hydrogen-bond donors (Lipinski definition) is 2. The van der Waals surface area contributed by atoms with Gasteiger partial charge in [-0.1, -0.05) is 83.6 Å². The van der Waals surface area contributed by atoms with Crippen LogP contribution >= 0.6 is 0 Å². The Bertz CT molecular complexity index is 627. The third-order valence-corrected chi connectivity index (χ3v) is 6.32. The highest BCUT2D eigenvalue weighted by Crippen LogP contribution is 2.24. The van der Waals surface area contributed by atoms with Crippen LogP contribution in [0.5, 0.6) is 0 Å². The fraction of sp³-hybridized carbons (Fsp3) is 0.727. The molecule has 4 N–H and O–H groups in total. The van der Waals surface area contributed by atoms with Crippen molar-refractivity contribution in [1.82, 2.24) is 6.15 Å². The standard InChI is InChI=1S/C22H38O3S.H3N/c1-4-5-6-7-8-9-10-11-12-13-14-15-16-21-20(3)19(2)17-18-22(21)26(23,24)25;/h17-18H,4-16H2,1-3H3,(H,23,24,25);1H3. The molecule has 0 aliphatic rings. The van der Waals surface area contributed by atoms with Crippen molar-refractivity contribution in [3.63, 3.8) is 0 Å². The molecule has 1 rings (SSSR count). The molecular weight excluding hydrogens is 358 g/mol. The Morgan fingerprint density at radius 3 is 1.67 bits per heavy atom. The lowest BCUT2D eigenvalue weighted by Gasteiger charge is -2.13. The van der Waals surface area contributed by atoms with Gasteiger partial charge in [0.05, 0.1) is 4.90 Å². The van der Waals surface area contributed by atoms with E-state index in [0.29, 0.717) is 0 Å². The first-order valence-corrected chi connectivity index (χ1v) is 11.9. The van der Waals surface area contributed by atoms with E-state index in [1.54, 1.807) is 6.07 Å². The zero-order valence-corrected chi connectivity index (χ0v) is 18.5. The van der Waals surface area contributed by atoms with Gasteiger partial charge >= 0.3 is 0 Å². The van der Waals surface area contributed by atoms with Crippen LogP contribution < -0.4 is 6.15 Å². The summed E-state index contributed by atoms with van der Waals surface area (Å²) in [5.74, 6) is 0. The second-order valence-corrected chi connectivity index (χ2v) is 8.99. The summed E-state index contributed by atoms with van der Waals surface area (Å²) >= 11 is 0. The van der Waals surface area contributed by atoms with Gasteiger partial charge in [0.25, 0.3) is 10.1 Å². The number of unbranched alkanes of at least 4 members (excludes halogenated alkanes) is 11. The zero-order chi connectivity index (χ0) is 19.4.